The molecule has 0 aliphatic heterocycles. The summed E-state index contributed by atoms with van der Waals surface area (Å²) in [4.78, 5) is 23.6. The lowest BCUT2D eigenvalue weighted by atomic mass is 10.1. The number of fused-ring (bicyclic) bond motifs is 1. The molecular formula is C17H12N6O4S. The Labute approximate surface area is 161 Å². The number of ether oxygens (including phenoxy) is 1. The number of aromatic nitrogens is 4. The van der Waals surface area contributed by atoms with E-state index in [0.29, 0.717) is 21.4 Å². The maximum Gasteiger partial charge on any atom is 0.270 e. The Morgan fingerprint density at radius 1 is 1.29 bits per heavy atom. The molecule has 0 atom stereocenters. The van der Waals surface area contributed by atoms with Gasteiger partial charge in [0.05, 0.1) is 17.7 Å². The van der Waals surface area contributed by atoms with Crippen molar-refractivity contribution in [2.45, 2.75) is 0 Å². The van der Waals surface area contributed by atoms with E-state index < -0.39 is 10.8 Å². The van der Waals surface area contributed by atoms with Crippen molar-refractivity contribution >= 4 is 33.6 Å². The van der Waals surface area contributed by atoms with E-state index in [2.05, 4.69) is 20.6 Å². The normalized spacial score (nSPS) is 10.8. The third kappa shape index (κ3) is 3.25. The molecule has 0 saturated carbocycles. The van der Waals surface area contributed by atoms with Crippen molar-refractivity contribution in [1.82, 2.24) is 19.8 Å². The van der Waals surface area contributed by atoms with E-state index in [0.717, 1.165) is 5.56 Å². The van der Waals surface area contributed by atoms with Gasteiger partial charge in [0.15, 0.2) is 0 Å². The van der Waals surface area contributed by atoms with Crippen LogP contribution in [0.15, 0.2) is 48.8 Å². The standard InChI is InChI=1S/C17H12N6O4S/c1-27-14-6-5-11(16-21-22-9-18-20-17(22)28-16)8-13(14)19-15(24)10-3-2-4-12(7-10)23(25)26/h2-9H,1H3,(H,19,24). The van der Waals surface area contributed by atoms with Crippen LogP contribution in [-0.2, 0) is 0 Å². The highest BCUT2D eigenvalue weighted by molar-refractivity contribution is 7.19. The van der Waals surface area contributed by atoms with Crippen LogP contribution in [0.5, 0.6) is 5.75 Å². The van der Waals surface area contributed by atoms with E-state index >= 15 is 0 Å². The molecule has 0 spiro atoms. The fourth-order valence-electron chi connectivity index (χ4n) is 2.57. The molecule has 2 aromatic carbocycles. The minimum absolute atomic E-state index is 0.159. The van der Waals surface area contributed by atoms with Gasteiger partial charge in [0, 0.05) is 23.3 Å². The van der Waals surface area contributed by atoms with Crippen molar-refractivity contribution in [3.05, 3.63) is 64.5 Å². The predicted molar refractivity (Wildman–Crippen MR) is 102 cm³/mol. The van der Waals surface area contributed by atoms with E-state index in [-0.39, 0.29) is 11.3 Å². The lowest BCUT2D eigenvalue weighted by Crippen LogP contribution is -2.13. The van der Waals surface area contributed by atoms with Gasteiger partial charge in [-0.1, -0.05) is 17.4 Å². The van der Waals surface area contributed by atoms with Crippen molar-refractivity contribution in [1.29, 1.82) is 0 Å². The molecule has 4 aromatic rings. The van der Waals surface area contributed by atoms with E-state index in [9.17, 15) is 14.9 Å². The fourth-order valence-corrected chi connectivity index (χ4v) is 3.39. The highest BCUT2D eigenvalue weighted by Gasteiger charge is 2.16. The van der Waals surface area contributed by atoms with Gasteiger partial charge in [0.2, 0.25) is 4.96 Å². The molecule has 10 nitrogen and oxygen atoms in total. The average molecular weight is 396 g/mol. The first-order valence-electron chi connectivity index (χ1n) is 7.96. The van der Waals surface area contributed by atoms with E-state index in [1.54, 1.807) is 16.6 Å². The molecule has 0 bridgehead atoms. The Bertz CT molecular complexity index is 1170. The number of benzene rings is 2. The Morgan fingerprint density at radius 3 is 2.89 bits per heavy atom. The van der Waals surface area contributed by atoms with Crippen LogP contribution in [0.3, 0.4) is 0 Å². The molecule has 1 amide bonds. The number of hydrogen-bond acceptors (Lipinski definition) is 8. The highest BCUT2D eigenvalue weighted by atomic mass is 32.1. The number of amides is 1. The SMILES string of the molecule is COc1ccc(-c2nn3cnnc3s2)cc1NC(=O)c1cccc([N+](=O)[O-])c1. The number of methoxy groups -OCH3 is 1. The molecule has 0 fully saturated rings. The first-order valence-corrected chi connectivity index (χ1v) is 8.78. The molecule has 4 rings (SSSR count). The summed E-state index contributed by atoms with van der Waals surface area (Å²) < 4.78 is 6.87. The number of carbonyl (C=O) groups is 1. The van der Waals surface area contributed by atoms with Crippen LogP contribution in [-0.4, -0.2) is 37.8 Å². The molecule has 0 aliphatic carbocycles. The lowest BCUT2D eigenvalue weighted by molar-refractivity contribution is -0.384. The summed E-state index contributed by atoms with van der Waals surface area (Å²) in [6.45, 7) is 0. The van der Waals surface area contributed by atoms with E-state index in [1.807, 2.05) is 6.07 Å². The zero-order valence-corrected chi connectivity index (χ0v) is 15.2. The van der Waals surface area contributed by atoms with Crippen molar-refractivity contribution in [3.63, 3.8) is 0 Å². The molecule has 0 aliphatic rings. The monoisotopic (exact) mass is 396 g/mol. The first kappa shape index (κ1) is 17.5. The number of nitro benzene ring substituents is 1. The fraction of sp³-hybridized carbons (Fsp3) is 0.0588. The largest absolute Gasteiger partial charge is 0.495 e. The van der Waals surface area contributed by atoms with Crippen LogP contribution < -0.4 is 10.1 Å². The van der Waals surface area contributed by atoms with Crippen LogP contribution in [0.4, 0.5) is 11.4 Å². The Hall–Kier alpha value is -3.86. The summed E-state index contributed by atoms with van der Waals surface area (Å²) in [7, 11) is 1.49. The van der Waals surface area contributed by atoms with Crippen LogP contribution in [0.2, 0.25) is 0 Å². The zero-order chi connectivity index (χ0) is 19.7. The van der Waals surface area contributed by atoms with Gasteiger partial charge in [0.25, 0.3) is 11.6 Å². The minimum Gasteiger partial charge on any atom is -0.495 e. The zero-order valence-electron chi connectivity index (χ0n) is 14.4. The van der Waals surface area contributed by atoms with Gasteiger partial charge in [-0.15, -0.1) is 10.2 Å². The number of rotatable bonds is 5. The summed E-state index contributed by atoms with van der Waals surface area (Å²) in [5, 5.41) is 26.5. The van der Waals surface area contributed by atoms with Gasteiger partial charge in [-0.05, 0) is 24.3 Å². The Balaban J connectivity index is 1.66. The number of nitro groups is 1. The topological polar surface area (TPSA) is 125 Å². The molecule has 0 unspecified atom stereocenters. The van der Waals surface area contributed by atoms with Crippen molar-refractivity contribution in [3.8, 4) is 16.3 Å². The first-order chi connectivity index (χ1) is 13.5. The predicted octanol–water partition coefficient (Wildman–Crippen LogP) is 3.02. The van der Waals surface area contributed by atoms with E-state index in [1.165, 1.54) is 49.0 Å². The maximum atomic E-state index is 12.6. The van der Waals surface area contributed by atoms with Crippen molar-refractivity contribution in [2.24, 2.45) is 0 Å². The third-order valence-corrected chi connectivity index (χ3v) is 4.86. The van der Waals surface area contributed by atoms with Crippen LogP contribution in [0.1, 0.15) is 10.4 Å². The third-order valence-electron chi connectivity index (χ3n) is 3.90. The molecular weight excluding hydrogens is 384 g/mol. The van der Waals surface area contributed by atoms with Crippen molar-refractivity contribution < 1.29 is 14.5 Å². The summed E-state index contributed by atoms with van der Waals surface area (Å²) in [5.41, 5.74) is 1.18. The molecule has 0 saturated heterocycles. The Kier molecular flexibility index (Phi) is 4.41. The quantitative estimate of drug-likeness (QED) is 0.406. The van der Waals surface area contributed by atoms with Crippen LogP contribution >= 0.6 is 11.3 Å². The number of nitrogens with one attached hydrogen (secondary N) is 1. The molecule has 2 aromatic heterocycles. The van der Waals surface area contributed by atoms with E-state index in [4.69, 9.17) is 4.74 Å². The minimum atomic E-state index is -0.550. The number of non-ortho nitro benzene ring substituents is 1. The second-order valence-electron chi connectivity index (χ2n) is 5.64. The number of carbonyl (C=O) groups excluding carboxylic acids is 1. The number of nitrogens with zero attached hydrogens (tertiary/aromatic N) is 5. The van der Waals surface area contributed by atoms with Gasteiger partial charge in [-0.25, -0.2) is 0 Å². The van der Waals surface area contributed by atoms with Crippen molar-refractivity contribution in [2.75, 3.05) is 12.4 Å². The number of hydrogen-bond donors (Lipinski definition) is 1. The molecule has 2 heterocycles. The summed E-state index contributed by atoms with van der Waals surface area (Å²) in [5.74, 6) is -0.0391. The van der Waals surface area contributed by atoms with Gasteiger partial charge >= 0.3 is 0 Å². The highest BCUT2D eigenvalue weighted by Crippen LogP contribution is 2.33. The van der Waals surface area contributed by atoms with Gasteiger partial charge in [-0.3, -0.25) is 14.9 Å². The lowest BCUT2D eigenvalue weighted by Gasteiger charge is -2.11. The second-order valence-corrected chi connectivity index (χ2v) is 6.60. The second kappa shape index (κ2) is 7.04. The molecule has 28 heavy (non-hydrogen) atoms. The smallest absolute Gasteiger partial charge is 0.270 e. The van der Waals surface area contributed by atoms with Crippen LogP contribution in [0, 0.1) is 10.1 Å². The summed E-state index contributed by atoms with van der Waals surface area (Å²) in [6, 6.07) is 10.7. The number of anilines is 1. The molecule has 0 radical (unpaired) electrons. The summed E-state index contributed by atoms with van der Waals surface area (Å²) >= 11 is 1.35. The van der Waals surface area contributed by atoms with Crippen LogP contribution in [0.25, 0.3) is 15.5 Å². The maximum absolute atomic E-state index is 12.6. The molecule has 11 heteroatoms. The Morgan fingerprint density at radius 2 is 2.14 bits per heavy atom. The molecule has 1 N–H and O–H groups in total. The van der Waals surface area contributed by atoms with Gasteiger partial charge in [0.1, 0.15) is 17.1 Å². The summed E-state index contributed by atoms with van der Waals surface area (Å²) in [6.07, 6.45) is 1.50. The van der Waals surface area contributed by atoms with Gasteiger partial charge in [-0.2, -0.15) is 9.61 Å². The molecule has 140 valence electrons. The average Bonchev–Trinajstić information content (AvgIpc) is 3.30. The van der Waals surface area contributed by atoms with Gasteiger partial charge < -0.3 is 10.1 Å².